The van der Waals surface area contributed by atoms with E-state index >= 15 is 0 Å². The van der Waals surface area contributed by atoms with Gasteiger partial charge < -0.3 is 15.5 Å². The van der Waals surface area contributed by atoms with Crippen molar-refractivity contribution >= 4 is 28.9 Å². The Morgan fingerprint density at radius 1 is 1.22 bits per heavy atom. The Morgan fingerprint density at radius 2 is 2.06 bits per heavy atom. The van der Waals surface area contributed by atoms with Crippen LogP contribution in [-0.2, 0) is 21.5 Å². The number of nitrogens with two attached hydrogens (primary N) is 1. The topological polar surface area (TPSA) is 97.3 Å². The molecule has 0 bridgehead atoms. The van der Waals surface area contributed by atoms with Gasteiger partial charge in [-0.2, -0.15) is 5.10 Å². The van der Waals surface area contributed by atoms with Gasteiger partial charge in [0.2, 0.25) is 11.8 Å². The zero-order chi connectivity index (χ0) is 22.5. The van der Waals surface area contributed by atoms with E-state index in [1.54, 1.807) is 28.0 Å². The maximum Gasteiger partial charge on any atom is 0.232 e. The first kappa shape index (κ1) is 20.2. The molecule has 8 nitrogen and oxygen atoms in total. The fraction of sp³-hybridized carbons (Fsp3) is 0.333. The molecule has 2 aliphatic heterocycles. The van der Waals surface area contributed by atoms with Crippen LogP contribution < -0.4 is 15.5 Å². The summed E-state index contributed by atoms with van der Waals surface area (Å²) in [5, 5.41) is 4.18. The van der Waals surface area contributed by atoms with Crippen LogP contribution in [-0.4, -0.2) is 39.7 Å². The number of fused-ring (bicyclic) bond motifs is 1. The summed E-state index contributed by atoms with van der Waals surface area (Å²) < 4.78 is 1.78. The molecule has 1 aromatic heterocycles. The monoisotopic (exact) mass is 430 g/mol. The van der Waals surface area contributed by atoms with Gasteiger partial charge in [0.05, 0.1) is 12.5 Å². The molecule has 3 aromatic rings. The fourth-order valence-corrected chi connectivity index (χ4v) is 4.76. The van der Waals surface area contributed by atoms with Gasteiger partial charge in [0.25, 0.3) is 0 Å². The first-order chi connectivity index (χ1) is 15.3. The Balaban J connectivity index is 1.38. The van der Waals surface area contributed by atoms with Crippen LogP contribution in [0.4, 0.5) is 17.1 Å². The summed E-state index contributed by atoms with van der Waals surface area (Å²) >= 11 is 0. The fourth-order valence-electron chi connectivity index (χ4n) is 4.76. The largest absolute Gasteiger partial charge is 0.399 e. The molecule has 1 atom stereocenters. The quantitative estimate of drug-likeness (QED) is 0.642. The molecule has 0 spiro atoms. The molecule has 2 N–H and O–H groups in total. The summed E-state index contributed by atoms with van der Waals surface area (Å²) in [6, 6.07) is 13.4. The molecule has 3 heterocycles. The van der Waals surface area contributed by atoms with E-state index in [-0.39, 0.29) is 29.6 Å². The van der Waals surface area contributed by atoms with Gasteiger partial charge in [0.15, 0.2) is 0 Å². The van der Waals surface area contributed by atoms with Gasteiger partial charge in [-0.1, -0.05) is 32.0 Å². The van der Waals surface area contributed by atoms with E-state index < -0.39 is 0 Å². The van der Waals surface area contributed by atoms with E-state index in [0.717, 1.165) is 22.5 Å². The number of benzene rings is 2. The molecule has 1 fully saturated rings. The minimum Gasteiger partial charge on any atom is -0.399 e. The third kappa shape index (κ3) is 3.51. The Hall–Kier alpha value is -3.68. The Morgan fingerprint density at radius 3 is 2.81 bits per heavy atom. The number of hydrogen-bond acceptors (Lipinski definition) is 5. The van der Waals surface area contributed by atoms with E-state index in [1.807, 2.05) is 29.2 Å². The van der Waals surface area contributed by atoms with Crippen molar-refractivity contribution < 1.29 is 9.59 Å². The molecule has 5 rings (SSSR count). The number of rotatable bonds is 4. The highest BCUT2D eigenvalue weighted by atomic mass is 16.2. The number of aromatic nitrogens is 3. The molecule has 2 aliphatic rings. The Kier molecular flexibility index (Phi) is 4.73. The SMILES string of the molecule is CC1(C)CN(C(=O)C2CC(=O)N(c3cccc(N)c3)C2)c2ccc(Cn3cncn3)cc21. The van der Waals surface area contributed by atoms with Crippen LogP contribution in [0.15, 0.2) is 55.1 Å². The van der Waals surface area contributed by atoms with Crippen molar-refractivity contribution in [2.24, 2.45) is 5.92 Å². The summed E-state index contributed by atoms with van der Waals surface area (Å²) in [5.74, 6) is -0.420. The molecule has 0 radical (unpaired) electrons. The van der Waals surface area contributed by atoms with Crippen molar-refractivity contribution in [2.45, 2.75) is 32.2 Å². The molecule has 1 unspecified atom stereocenters. The predicted molar refractivity (Wildman–Crippen MR) is 122 cm³/mol. The molecular weight excluding hydrogens is 404 g/mol. The summed E-state index contributed by atoms with van der Waals surface area (Å²) in [5.41, 5.74) is 10.2. The highest BCUT2D eigenvalue weighted by Crippen LogP contribution is 2.42. The molecule has 32 heavy (non-hydrogen) atoms. The van der Waals surface area contributed by atoms with E-state index in [9.17, 15) is 9.59 Å². The lowest BCUT2D eigenvalue weighted by Gasteiger charge is -2.23. The van der Waals surface area contributed by atoms with Crippen LogP contribution in [0.2, 0.25) is 0 Å². The first-order valence-corrected chi connectivity index (χ1v) is 10.7. The number of carbonyl (C=O) groups excluding carboxylic acids is 2. The molecule has 0 aliphatic carbocycles. The summed E-state index contributed by atoms with van der Waals surface area (Å²) in [6.07, 6.45) is 3.43. The third-order valence-corrected chi connectivity index (χ3v) is 6.37. The maximum atomic E-state index is 13.5. The molecule has 2 aromatic carbocycles. The second-order valence-electron chi connectivity index (χ2n) is 9.25. The lowest BCUT2D eigenvalue weighted by molar-refractivity contribution is -0.124. The zero-order valence-electron chi connectivity index (χ0n) is 18.2. The van der Waals surface area contributed by atoms with Crippen LogP contribution in [0.3, 0.4) is 0 Å². The highest BCUT2D eigenvalue weighted by Gasteiger charge is 2.43. The average molecular weight is 431 g/mol. The number of amides is 2. The lowest BCUT2D eigenvalue weighted by atomic mass is 9.86. The van der Waals surface area contributed by atoms with Gasteiger partial charge >= 0.3 is 0 Å². The number of nitrogens with zero attached hydrogens (tertiary/aromatic N) is 5. The predicted octanol–water partition coefficient (Wildman–Crippen LogP) is 2.59. The standard InChI is InChI=1S/C24H26N6O2/c1-24(2)13-30(21-7-6-16(8-20(21)24)11-28-15-26-14-27-28)23(32)17-9-22(31)29(12-17)19-5-3-4-18(25)10-19/h3-8,10,14-15,17H,9,11-13,25H2,1-2H3. The van der Waals surface area contributed by atoms with E-state index in [2.05, 4.69) is 30.0 Å². The van der Waals surface area contributed by atoms with E-state index in [4.69, 9.17) is 5.73 Å². The lowest BCUT2D eigenvalue weighted by Crippen LogP contribution is -2.39. The maximum absolute atomic E-state index is 13.5. The van der Waals surface area contributed by atoms with Crippen LogP contribution in [0, 0.1) is 5.92 Å². The van der Waals surface area contributed by atoms with Crippen molar-refractivity contribution in [3.05, 3.63) is 66.2 Å². The summed E-state index contributed by atoms with van der Waals surface area (Å²) in [4.78, 5) is 33.7. The molecule has 164 valence electrons. The van der Waals surface area contributed by atoms with Gasteiger partial charge in [-0.05, 0) is 35.4 Å². The minimum absolute atomic E-state index is 0.000560. The number of hydrogen-bond donors (Lipinski definition) is 1. The average Bonchev–Trinajstić information content (AvgIpc) is 3.46. The van der Waals surface area contributed by atoms with Crippen LogP contribution in [0.25, 0.3) is 0 Å². The van der Waals surface area contributed by atoms with Crippen molar-refractivity contribution in [3.63, 3.8) is 0 Å². The third-order valence-electron chi connectivity index (χ3n) is 6.37. The van der Waals surface area contributed by atoms with E-state index in [0.29, 0.717) is 25.3 Å². The van der Waals surface area contributed by atoms with Gasteiger partial charge in [-0.15, -0.1) is 0 Å². The number of anilines is 3. The molecule has 8 heteroatoms. The van der Waals surface area contributed by atoms with Crippen molar-refractivity contribution in [1.82, 2.24) is 14.8 Å². The molecule has 2 amide bonds. The normalized spacial score (nSPS) is 19.4. The smallest absolute Gasteiger partial charge is 0.232 e. The zero-order valence-corrected chi connectivity index (χ0v) is 18.2. The van der Waals surface area contributed by atoms with Crippen molar-refractivity contribution in [2.75, 3.05) is 28.6 Å². The molecule has 1 saturated heterocycles. The minimum atomic E-state index is -0.375. The molecular formula is C24H26N6O2. The Labute approximate surface area is 186 Å². The van der Waals surface area contributed by atoms with Gasteiger partial charge in [0.1, 0.15) is 12.7 Å². The highest BCUT2D eigenvalue weighted by molar-refractivity contribution is 6.05. The second kappa shape index (κ2) is 7.47. The number of nitrogen functional groups attached to an aromatic ring is 1. The second-order valence-corrected chi connectivity index (χ2v) is 9.25. The summed E-state index contributed by atoms with van der Waals surface area (Å²) in [6.45, 7) is 5.90. The van der Waals surface area contributed by atoms with Gasteiger partial charge in [-0.3, -0.25) is 9.59 Å². The van der Waals surface area contributed by atoms with Crippen molar-refractivity contribution in [1.29, 1.82) is 0 Å². The molecule has 0 saturated carbocycles. The number of carbonyl (C=O) groups is 2. The van der Waals surface area contributed by atoms with Gasteiger partial charge in [0, 0.05) is 42.0 Å². The summed E-state index contributed by atoms with van der Waals surface area (Å²) in [7, 11) is 0. The van der Waals surface area contributed by atoms with Crippen LogP contribution in [0.5, 0.6) is 0 Å². The van der Waals surface area contributed by atoms with Crippen molar-refractivity contribution in [3.8, 4) is 0 Å². The first-order valence-electron chi connectivity index (χ1n) is 10.7. The van der Waals surface area contributed by atoms with E-state index in [1.165, 1.54) is 6.33 Å². The van der Waals surface area contributed by atoms with Crippen LogP contribution >= 0.6 is 0 Å². The Bertz CT molecular complexity index is 1190. The van der Waals surface area contributed by atoms with Gasteiger partial charge in [-0.25, -0.2) is 9.67 Å². The van der Waals surface area contributed by atoms with Crippen LogP contribution in [0.1, 0.15) is 31.4 Å².